The highest BCUT2D eigenvalue weighted by Crippen LogP contribution is 2.21. The van der Waals surface area contributed by atoms with Gasteiger partial charge < -0.3 is 4.52 Å². The third-order valence-corrected chi connectivity index (χ3v) is 4.31. The van der Waals surface area contributed by atoms with Crippen molar-refractivity contribution >= 4 is 11.8 Å². The molecule has 1 aromatic carbocycles. The molecule has 0 fully saturated rings. The van der Waals surface area contributed by atoms with E-state index in [1.54, 1.807) is 16.7 Å². The average Bonchev–Trinajstić information content (AvgIpc) is 3.19. The monoisotopic (exact) mass is 349 g/mol. The van der Waals surface area contributed by atoms with Gasteiger partial charge in [0.2, 0.25) is 11.7 Å². The Morgan fingerprint density at radius 3 is 2.88 bits per heavy atom. The molecule has 0 saturated carbocycles. The maximum absolute atomic E-state index is 12.9. The van der Waals surface area contributed by atoms with E-state index in [4.69, 9.17) is 4.52 Å². The zero-order valence-corrected chi connectivity index (χ0v) is 13.8. The first-order chi connectivity index (χ1) is 11.7. The van der Waals surface area contributed by atoms with Crippen LogP contribution in [0.4, 0.5) is 4.39 Å². The number of unbranched alkanes of at least 4 members (excludes halogenated alkanes) is 1. The maximum Gasteiger partial charge on any atom is 0.343 e. The van der Waals surface area contributed by atoms with E-state index in [9.17, 15) is 9.18 Å². The predicted octanol–water partition coefficient (Wildman–Crippen LogP) is 2.85. The number of benzene rings is 1. The minimum Gasteiger partial charge on any atom is -0.338 e. The lowest BCUT2D eigenvalue weighted by atomic mass is 10.2. The summed E-state index contributed by atoms with van der Waals surface area (Å²) >= 11 is 1.35. The standard InChI is InChI=1S/C15H16FN5O2S/c1-2-3-8-21-14(22)18-19-15(21)24-9-12-17-13(20-23-12)10-4-6-11(16)7-5-10/h4-7H,2-3,8-9H2,1H3,(H,18,22). The Kier molecular flexibility index (Phi) is 5.09. The van der Waals surface area contributed by atoms with Gasteiger partial charge in [0, 0.05) is 12.1 Å². The van der Waals surface area contributed by atoms with Crippen molar-refractivity contribution in [2.75, 3.05) is 0 Å². The second-order valence-corrected chi connectivity index (χ2v) is 6.07. The molecule has 0 unspecified atom stereocenters. The van der Waals surface area contributed by atoms with Gasteiger partial charge in [-0.25, -0.2) is 14.3 Å². The summed E-state index contributed by atoms with van der Waals surface area (Å²) in [7, 11) is 0. The van der Waals surface area contributed by atoms with Gasteiger partial charge in [0.1, 0.15) is 5.82 Å². The lowest BCUT2D eigenvalue weighted by Gasteiger charge is -2.02. The van der Waals surface area contributed by atoms with Gasteiger partial charge in [0.25, 0.3) is 0 Å². The molecule has 0 amide bonds. The van der Waals surface area contributed by atoms with Crippen LogP contribution in [0.2, 0.25) is 0 Å². The second kappa shape index (κ2) is 7.43. The highest BCUT2D eigenvalue weighted by Gasteiger charge is 2.13. The molecule has 0 aliphatic rings. The Morgan fingerprint density at radius 2 is 2.12 bits per heavy atom. The summed E-state index contributed by atoms with van der Waals surface area (Å²) < 4.78 is 19.7. The fraction of sp³-hybridized carbons (Fsp3) is 0.333. The smallest absolute Gasteiger partial charge is 0.338 e. The summed E-state index contributed by atoms with van der Waals surface area (Å²) in [4.78, 5) is 16.0. The molecule has 7 nitrogen and oxygen atoms in total. The molecule has 0 radical (unpaired) electrons. The lowest BCUT2D eigenvalue weighted by Crippen LogP contribution is -2.17. The van der Waals surface area contributed by atoms with Crippen molar-refractivity contribution in [3.8, 4) is 11.4 Å². The lowest BCUT2D eigenvalue weighted by molar-refractivity contribution is 0.391. The van der Waals surface area contributed by atoms with Crippen LogP contribution in [-0.2, 0) is 12.3 Å². The number of hydrogen-bond acceptors (Lipinski definition) is 6. The topological polar surface area (TPSA) is 89.6 Å². The molecule has 0 spiro atoms. The molecule has 0 aliphatic heterocycles. The number of rotatable bonds is 7. The summed E-state index contributed by atoms with van der Waals surface area (Å²) in [5.74, 6) is 0.888. The minimum absolute atomic E-state index is 0.219. The van der Waals surface area contributed by atoms with Crippen LogP contribution in [0.3, 0.4) is 0 Å². The van der Waals surface area contributed by atoms with E-state index < -0.39 is 0 Å². The first kappa shape index (κ1) is 16.4. The van der Waals surface area contributed by atoms with Crippen molar-refractivity contribution < 1.29 is 8.91 Å². The molecule has 0 aliphatic carbocycles. The van der Waals surface area contributed by atoms with Gasteiger partial charge in [-0.1, -0.05) is 30.3 Å². The minimum atomic E-state index is -0.318. The summed E-state index contributed by atoms with van der Waals surface area (Å²) in [5, 5.41) is 10.9. The van der Waals surface area contributed by atoms with Crippen molar-refractivity contribution in [3.63, 3.8) is 0 Å². The van der Waals surface area contributed by atoms with E-state index in [0.29, 0.717) is 34.7 Å². The van der Waals surface area contributed by atoms with Crippen molar-refractivity contribution in [2.24, 2.45) is 0 Å². The van der Waals surface area contributed by atoms with Crippen molar-refractivity contribution in [1.29, 1.82) is 0 Å². The molecule has 0 bridgehead atoms. The van der Waals surface area contributed by atoms with Crippen LogP contribution in [0, 0.1) is 5.82 Å². The summed E-state index contributed by atoms with van der Waals surface area (Å²) in [6.07, 6.45) is 1.90. The van der Waals surface area contributed by atoms with Crippen molar-refractivity contribution in [2.45, 2.75) is 37.2 Å². The van der Waals surface area contributed by atoms with Crippen molar-refractivity contribution in [3.05, 3.63) is 46.5 Å². The number of nitrogens with one attached hydrogen (secondary N) is 1. The van der Waals surface area contributed by atoms with Gasteiger partial charge >= 0.3 is 5.69 Å². The number of thioether (sulfide) groups is 1. The molecule has 3 rings (SSSR count). The molecule has 0 atom stereocenters. The van der Waals surface area contributed by atoms with Gasteiger partial charge in [-0.3, -0.25) is 4.57 Å². The Labute approximate surface area is 141 Å². The highest BCUT2D eigenvalue weighted by molar-refractivity contribution is 7.98. The number of aromatic amines is 1. The van der Waals surface area contributed by atoms with Gasteiger partial charge in [-0.2, -0.15) is 4.98 Å². The van der Waals surface area contributed by atoms with Crippen LogP contribution >= 0.6 is 11.8 Å². The third kappa shape index (κ3) is 3.73. The molecule has 126 valence electrons. The molecule has 3 aromatic rings. The van der Waals surface area contributed by atoms with Crippen molar-refractivity contribution in [1.82, 2.24) is 24.9 Å². The van der Waals surface area contributed by atoms with Crippen LogP contribution in [-0.4, -0.2) is 24.9 Å². The Balaban J connectivity index is 1.68. The summed E-state index contributed by atoms with van der Waals surface area (Å²) in [5.41, 5.74) is 0.458. The number of H-pyrrole nitrogens is 1. The molecule has 24 heavy (non-hydrogen) atoms. The molecule has 2 aromatic heterocycles. The van der Waals surface area contributed by atoms with Crippen LogP contribution in [0.15, 0.2) is 38.7 Å². The largest absolute Gasteiger partial charge is 0.343 e. The molecule has 1 N–H and O–H groups in total. The van der Waals surface area contributed by atoms with Gasteiger partial charge in [-0.05, 0) is 30.7 Å². The first-order valence-corrected chi connectivity index (χ1v) is 8.52. The van der Waals surface area contributed by atoms with Gasteiger partial charge in [-0.15, -0.1) is 5.10 Å². The van der Waals surface area contributed by atoms with Crippen LogP contribution in [0.5, 0.6) is 0 Å². The summed E-state index contributed by atoms with van der Waals surface area (Å²) in [6, 6.07) is 5.87. The molecule has 2 heterocycles. The van der Waals surface area contributed by atoms with Crippen LogP contribution < -0.4 is 5.69 Å². The second-order valence-electron chi connectivity index (χ2n) is 5.12. The third-order valence-electron chi connectivity index (χ3n) is 3.35. The normalized spacial score (nSPS) is 11.1. The number of nitrogens with zero attached hydrogens (tertiary/aromatic N) is 4. The summed E-state index contributed by atoms with van der Waals surface area (Å²) in [6.45, 7) is 2.69. The van der Waals surface area contributed by atoms with E-state index in [1.807, 2.05) is 0 Å². The van der Waals surface area contributed by atoms with Gasteiger partial charge in [0.05, 0.1) is 5.75 Å². The molecular formula is C15H16FN5O2S. The Hall–Kier alpha value is -2.42. The maximum atomic E-state index is 12.9. The van der Waals surface area contributed by atoms with E-state index in [2.05, 4.69) is 27.3 Å². The Morgan fingerprint density at radius 1 is 1.33 bits per heavy atom. The molecule has 9 heteroatoms. The van der Waals surface area contributed by atoms with E-state index in [-0.39, 0.29) is 11.5 Å². The number of hydrogen-bond donors (Lipinski definition) is 1. The van der Waals surface area contributed by atoms with E-state index in [0.717, 1.165) is 12.8 Å². The molecule has 0 saturated heterocycles. The fourth-order valence-corrected chi connectivity index (χ4v) is 2.89. The number of halogens is 1. The number of aromatic nitrogens is 5. The highest BCUT2D eigenvalue weighted by atomic mass is 32.2. The fourth-order valence-electron chi connectivity index (χ4n) is 2.08. The zero-order valence-electron chi connectivity index (χ0n) is 13.0. The van der Waals surface area contributed by atoms with Crippen LogP contribution in [0.25, 0.3) is 11.4 Å². The average molecular weight is 349 g/mol. The predicted molar refractivity (Wildman–Crippen MR) is 87.0 cm³/mol. The SMILES string of the molecule is CCCCn1c(SCc2nc(-c3ccc(F)cc3)no2)n[nH]c1=O. The quantitative estimate of drug-likeness (QED) is 0.660. The first-order valence-electron chi connectivity index (χ1n) is 7.54. The van der Waals surface area contributed by atoms with E-state index >= 15 is 0 Å². The Bertz CT molecular complexity index is 855. The van der Waals surface area contributed by atoms with Crippen LogP contribution in [0.1, 0.15) is 25.7 Å². The van der Waals surface area contributed by atoms with Gasteiger partial charge in [0.15, 0.2) is 5.16 Å². The van der Waals surface area contributed by atoms with E-state index in [1.165, 1.54) is 23.9 Å². The zero-order chi connectivity index (χ0) is 16.9. The molecular weight excluding hydrogens is 333 g/mol.